The molecule has 0 aliphatic heterocycles. The number of hydrogen-bond acceptors (Lipinski definition) is 3. The molecule has 100 valence electrons. The molecular formula is C16H19NO2. The van der Waals surface area contributed by atoms with Gasteiger partial charge in [0.05, 0.1) is 6.10 Å². The number of benzene rings is 2. The monoisotopic (exact) mass is 257 g/mol. The number of aliphatic hydroxyl groups is 1. The van der Waals surface area contributed by atoms with Gasteiger partial charge >= 0.3 is 0 Å². The number of aromatic hydroxyl groups is 1. The van der Waals surface area contributed by atoms with Crippen LogP contribution in [0.2, 0.25) is 0 Å². The number of phenols is 1. The Balaban J connectivity index is 1.71. The van der Waals surface area contributed by atoms with Gasteiger partial charge in [-0.15, -0.1) is 0 Å². The SMILES string of the molecule is Oc1ccc(CCNCC(O)c2ccccc2)cc1. The molecule has 2 aromatic rings. The lowest BCUT2D eigenvalue weighted by Gasteiger charge is -2.12. The summed E-state index contributed by atoms with van der Waals surface area (Å²) in [5, 5.41) is 22.4. The van der Waals surface area contributed by atoms with Crippen molar-refractivity contribution in [1.82, 2.24) is 5.32 Å². The first kappa shape index (κ1) is 13.6. The fourth-order valence-corrected chi connectivity index (χ4v) is 1.93. The number of rotatable bonds is 6. The maximum atomic E-state index is 9.96. The first-order valence-electron chi connectivity index (χ1n) is 6.47. The molecule has 1 atom stereocenters. The van der Waals surface area contributed by atoms with Gasteiger partial charge in [0.1, 0.15) is 5.75 Å². The van der Waals surface area contributed by atoms with Crippen molar-refractivity contribution in [3.63, 3.8) is 0 Å². The summed E-state index contributed by atoms with van der Waals surface area (Å²) in [6.45, 7) is 1.34. The zero-order valence-corrected chi connectivity index (χ0v) is 10.8. The van der Waals surface area contributed by atoms with Crippen LogP contribution in [0.4, 0.5) is 0 Å². The summed E-state index contributed by atoms with van der Waals surface area (Å²) < 4.78 is 0. The normalized spacial score (nSPS) is 12.3. The summed E-state index contributed by atoms with van der Waals surface area (Å²) in [6, 6.07) is 16.8. The average Bonchev–Trinajstić information content (AvgIpc) is 2.46. The lowest BCUT2D eigenvalue weighted by molar-refractivity contribution is 0.175. The van der Waals surface area contributed by atoms with Gasteiger partial charge in [-0.05, 0) is 36.2 Å². The van der Waals surface area contributed by atoms with Gasteiger partial charge in [0.25, 0.3) is 0 Å². The van der Waals surface area contributed by atoms with Crippen molar-refractivity contribution in [2.75, 3.05) is 13.1 Å². The molecule has 0 heterocycles. The second kappa shape index (κ2) is 6.92. The molecule has 2 aromatic carbocycles. The van der Waals surface area contributed by atoms with Crippen LogP contribution < -0.4 is 5.32 Å². The van der Waals surface area contributed by atoms with E-state index in [0.717, 1.165) is 18.5 Å². The molecule has 1 unspecified atom stereocenters. The molecule has 0 bridgehead atoms. The van der Waals surface area contributed by atoms with Crippen LogP contribution in [0.15, 0.2) is 54.6 Å². The molecule has 0 radical (unpaired) electrons. The minimum absolute atomic E-state index is 0.288. The lowest BCUT2D eigenvalue weighted by Crippen LogP contribution is -2.23. The van der Waals surface area contributed by atoms with Crippen molar-refractivity contribution >= 4 is 0 Å². The zero-order chi connectivity index (χ0) is 13.5. The van der Waals surface area contributed by atoms with Crippen LogP contribution in [-0.2, 0) is 6.42 Å². The minimum Gasteiger partial charge on any atom is -0.508 e. The molecule has 3 N–H and O–H groups in total. The van der Waals surface area contributed by atoms with Crippen LogP contribution in [-0.4, -0.2) is 23.3 Å². The average molecular weight is 257 g/mol. The van der Waals surface area contributed by atoms with Crippen molar-refractivity contribution in [2.24, 2.45) is 0 Å². The van der Waals surface area contributed by atoms with E-state index in [-0.39, 0.29) is 5.75 Å². The molecule has 0 saturated heterocycles. The Hall–Kier alpha value is -1.84. The van der Waals surface area contributed by atoms with Gasteiger partial charge in [0, 0.05) is 6.54 Å². The van der Waals surface area contributed by atoms with Crippen LogP contribution in [0.1, 0.15) is 17.2 Å². The zero-order valence-electron chi connectivity index (χ0n) is 10.8. The Kier molecular flexibility index (Phi) is 4.95. The largest absolute Gasteiger partial charge is 0.508 e. The van der Waals surface area contributed by atoms with E-state index in [1.54, 1.807) is 12.1 Å². The third kappa shape index (κ3) is 4.39. The molecule has 19 heavy (non-hydrogen) atoms. The molecule has 0 saturated carbocycles. The number of nitrogens with one attached hydrogen (secondary N) is 1. The maximum Gasteiger partial charge on any atom is 0.115 e. The standard InChI is InChI=1S/C16H19NO2/c18-15-8-6-13(7-9-15)10-11-17-12-16(19)14-4-2-1-3-5-14/h1-9,16-19H,10-12H2. The van der Waals surface area contributed by atoms with E-state index in [1.807, 2.05) is 42.5 Å². The van der Waals surface area contributed by atoms with E-state index in [4.69, 9.17) is 0 Å². The van der Waals surface area contributed by atoms with E-state index in [1.165, 1.54) is 5.56 Å². The number of hydrogen-bond donors (Lipinski definition) is 3. The third-order valence-corrected chi connectivity index (χ3v) is 3.05. The van der Waals surface area contributed by atoms with Crippen LogP contribution in [0.5, 0.6) is 5.75 Å². The smallest absolute Gasteiger partial charge is 0.115 e. The Bertz CT molecular complexity index is 482. The molecule has 2 rings (SSSR count). The highest BCUT2D eigenvalue weighted by atomic mass is 16.3. The van der Waals surface area contributed by atoms with E-state index in [9.17, 15) is 10.2 Å². The molecule has 0 aliphatic rings. The Labute approximate surface area is 113 Å². The van der Waals surface area contributed by atoms with Gasteiger partial charge in [-0.3, -0.25) is 0 Å². The van der Waals surface area contributed by atoms with Crippen molar-refractivity contribution in [2.45, 2.75) is 12.5 Å². The first-order chi connectivity index (χ1) is 9.25. The minimum atomic E-state index is -0.471. The van der Waals surface area contributed by atoms with E-state index in [0.29, 0.717) is 6.54 Å². The highest BCUT2D eigenvalue weighted by molar-refractivity contribution is 5.26. The lowest BCUT2D eigenvalue weighted by atomic mass is 10.1. The summed E-state index contributed by atoms with van der Waals surface area (Å²) in [7, 11) is 0. The van der Waals surface area contributed by atoms with Crippen molar-refractivity contribution < 1.29 is 10.2 Å². The molecule has 3 heteroatoms. The van der Waals surface area contributed by atoms with Gasteiger partial charge in [-0.2, -0.15) is 0 Å². The molecule has 0 aromatic heterocycles. The van der Waals surface area contributed by atoms with E-state index < -0.39 is 6.10 Å². The third-order valence-electron chi connectivity index (χ3n) is 3.05. The van der Waals surface area contributed by atoms with Gasteiger partial charge in [-0.1, -0.05) is 42.5 Å². The Morgan fingerprint density at radius 1 is 0.947 bits per heavy atom. The predicted octanol–water partition coefficient (Wildman–Crippen LogP) is 2.26. The molecule has 0 amide bonds. The van der Waals surface area contributed by atoms with Crippen LogP contribution >= 0.6 is 0 Å². The predicted molar refractivity (Wildman–Crippen MR) is 76.1 cm³/mol. The van der Waals surface area contributed by atoms with Crippen molar-refractivity contribution in [3.05, 3.63) is 65.7 Å². The first-order valence-corrected chi connectivity index (χ1v) is 6.47. The van der Waals surface area contributed by atoms with E-state index in [2.05, 4.69) is 5.32 Å². The highest BCUT2D eigenvalue weighted by Gasteiger charge is 2.05. The van der Waals surface area contributed by atoms with Gasteiger partial charge < -0.3 is 15.5 Å². The highest BCUT2D eigenvalue weighted by Crippen LogP contribution is 2.11. The van der Waals surface area contributed by atoms with Gasteiger partial charge in [-0.25, -0.2) is 0 Å². The van der Waals surface area contributed by atoms with Crippen LogP contribution in [0.25, 0.3) is 0 Å². The van der Waals surface area contributed by atoms with Crippen LogP contribution in [0.3, 0.4) is 0 Å². The van der Waals surface area contributed by atoms with Crippen LogP contribution in [0, 0.1) is 0 Å². The van der Waals surface area contributed by atoms with Crippen molar-refractivity contribution in [3.8, 4) is 5.75 Å². The topological polar surface area (TPSA) is 52.5 Å². The maximum absolute atomic E-state index is 9.96. The molecule has 0 aliphatic carbocycles. The fraction of sp³-hybridized carbons (Fsp3) is 0.250. The van der Waals surface area contributed by atoms with E-state index >= 15 is 0 Å². The summed E-state index contributed by atoms with van der Waals surface area (Å²) in [5.41, 5.74) is 2.10. The second-order valence-electron chi connectivity index (χ2n) is 4.55. The number of aliphatic hydroxyl groups excluding tert-OH is 1. The summed E-state index contributed by atoms with van der Waals surface area (Å²) in [6.07, 6.45) is 0.405. The Morgan fingerprint density at radius 2 is 1.63 bits per heavy atom. The molecule has 0 fully saturated rings. The molecule has 0 spiro atoms. The quantitative estimate of drug-likeness (QED) is 0.696. The fourth-order valence-electron chi connectivity index (χ4n) is 1.93. The summed E-state index contributed by atoms with van der Waals surface area (Å²) in [4.78, 5) is 0. The molecular weight excluding hydrogens is 238 g/mol. The molecule has 3 nitrogen and oxygen atoms in total. The summed E-state index contributed by atoms with van der Waals surface area (Å²) >= 11 is 0. The Morgan fingerprint density at radius 3 is 2.32 bits per heavy atom. The van der Waals surface area contributed by atoms with Crippen molar-refractivity contribution in [1.29, 1.82) is 0 Å². The van der Waals surface area contributed by atoms with Gasteiger partial charge in [0.2, 0.25) is 0 Å². The summed E-state index contributed by atoms with van der Waals surface area (Å²) in [5.74, 6) is 0.288. The van der Waals surface area contributed by atoms with Gasteiger partial charge in [0.15, 0.2) is 0 Å². The number of phenolic OH excluding ortho intramolecular Hbond substituents is 1. The second-order valence-corrected chi connectivity index (χ2v) is 4.55.